The number of nitriles is 1. The fourth-order valence-corrected chi connectivity index (χ4v) is 2.27. The zero-order valence-electron chi connectivity index (χ0n) is 9.27. The van der Waals surface area contributed by atoms with E-state index in [9.17, 15) is 0 Å². The van der Waals surface area contributed by atoms with Crippen molar-refractivity contribution in [3.63, 3.8) is 0 Å². The molecule has 0 spiro atoms. The van der Waals surface area contributed by atoms with Crippen LogP contribution in [0, 0.1) is 11.3 Å². The summed E-state index contributed by atoms with van der Waals surface area (Å²) >= 11 is 0. The number of allylic oxidation sites excluding steroid dienone is 1. The van der Waals surface area contributed by atoms with Crippen molar-refractivity contribution in [2.24, 2.45) is 0 Å². The summed E-state index contributed by atoms with van der Waals surface area (Å²) < 4.78 is 0. The summed E-state index contributed by atoms with van der Waals surface area (Å²) in [5.74, 6) is 0. The van der Waals surface area contributed by atoms with Crippen LogP contribution >= 0.6 is 0 Å². The van der Waals surface area contributed by atoms with Gasteiger partial charge in [-0.1, -0.05) is 6.07 Å². The number of aromatic nitrogens is 2. The number of hydrogen-bond donors (Lipinski definition) is 1. The number of H-pyrrole nitrogens is 1. The molecule has 3 heteroatoms. The molecule has 0 fully saturated rings. The van der Waals surface area contributed by atoms with Gasteiger partial charge in [-0.15, -0.1) is 0 Å². The highest BCUT2D eigenvalue weighted by Gasteiger charge is 2.16. The van der Waals surface area contributed by atoms with Crippen molar-refractivity contribution in [3.05, 3.63) is 53.1 Å². The topological polar surface area (TPSA) is 52.5 Å². The second kappa shape index (κ2) is 3.91. The molecule has 0 radical (unpaired) electrons. The highest BCUT2D eigenvalue weighted by molar-refractivity contribution is 5.84. The molecule has 0 unspecified atom stereocenters. The SMILES string of the molecule is N#Cc1ccc2c(c1)CC/C2=C/c1c[nH]cn1. The molecule has 1 aliphatic rings. The largest absolute Gasteiger partial charge is 0.351 e. The smallest absolute Gasteiger partial charge is 0.0991 e. The molecule has 1 aliphatic carbocycles. The Labute approximate surface area is 99.4 Å². The fourth-order valence-electron chi connectivity index (χ4n) is 2.27. The van der Waals surface area contributed by atoms with Gasteiger partial charge in [0, 0.05) is 6.20 Å². The summed E-state index contributed by atoms with van der Waals surface area (Å²) in [4.78, 5) is 7.15. The molecule has 0 atom stereocenters. The summed E-state index contributed by atoms with van der Waals surface area (Å²) in [6.45, 7) is 0. The van der Waals surface area contributed by atoms with E-state index in [1.807, 2.05) is 24.4 Å². The Morgan fingerprint density at radius 2 is 2.29 bits per heavy atom. The minimum absolute atomic E-state index is 0.741. The Bertz CT molecular complexity index is 615. The van der Waals surface area contributed by atoms with E-state index >= 15 is 0 Å². The summed E-state index contributed by atoms with van der Waals surface area (Å²) in [6.07, 6.45) is 7.71. The number of nitrogens with one attached hydrogen (secondary N) is 1. The Kier molecular flexibility index (Phi) is 2.27. The molecule has 1 heterocycles. The number of hydrogen-bond acceptors (Lipinski definition) is 2. The van der Waals surface area contributed by atoms with Crippen LogP contribution in [0.5, 0.6) is 0 Å². The third-order valence-corrected chi connectivity index (χ3v) is 3.09. The van der Waals surface area contributed by atoms with Crippen molar-refractivity contribution in [1.82, 2.24) is 9.97 Å². The van der Waals surface area contributed by atoms with Crippen molar-refractivity contribution in [3.8, 4) is 6.07 Å². The Morgan fingerprint density at radius 3 is 3.06 bits per heavy atom. The van der Waals surface area contributed by atoms with Gasteiger partial charge in [0.15, 0.2) is 0 Å². The monoisotopic (exact) mass is 221 g/mol. The lowest BCUT2D eigenvalue weighted by molar-refractivity contribution is 1.08. The lowest BCUT2D eigenvalue weighted by Crippen LogP contribution is -1.83. The highest BCUT2D eigenvalue weighted by Crippen LogP contribution is 2.33. The van der Waals surface area contributed by atoms with Crippen LogP contribution in [0.3, 0.4) is 0 Å². The first kappa shape index (κ1) is 9.86. The van der Waals surface area contributed by atoms with Crippen LogP contribution in [0.4, 0.5) is 0 Å². The Hall–Kier alpha value is -2.34. The normalized spacial score (nSPS) is 15.8. The zero-order chi connectivity index (χ0) is 11.7. The van der Waals surface area contributed by atoms with Crippen molar-refractivity contribution < 1.29 is 0 Å². The standard InChI is InChI=1S/C14H11N3/c15-7-10-1-4-14-11(5-10)2-3-12(14)6-13-8-16-9-17-13/h1,4-6,8-9H,2-3H2,(H,16,17)/b12-6-. The van der Waals surface area contributed by atoms with Gasteiger partial charge in [0.05, 0.1) is 23.7 Å². The van der Waals surface area contributed by atoms with Crippen LogP contribution in [-0.4, -0.2) is 9.97 Å². The molecule has 1 N–H and O–H groups in total. The molecule has 3 nitrogen and oxygen atoms in total. The number of aryl methyl sites for hydroxylation is 1. The third-order valence-electron chi connectivity index (χ3n) is 3.09. The Balaban J connectivity index is 2.03. The van der Waals surface area contributed by atoms with E-state index in [0.717, 1.165) is 24.1 Å². The van der Waals surface area contributed by atoms with E-state index in [2.05, 4.69) is 22.1 Å². The molecule has 0 amide bonds. The number of nitrogens with zero attached hydrogens (tertiary/aromatic N) is 2. The van der Waals surface area contributed by atoms with Gasteiger partial charge in [0.1, 0.15) is 0 Å². The molecule has 82 valence electrons. The summed E-state index contributed by atoms with van der Waals surface area (Å²) in [5.41, 5.74) is 5.52. The molecule has 0 saturated carbocycles. The maximum Gasteiger partial charge on any atom is 0.0991 e. The van der Waals surface area contributed by atoms with E-state index in [-0.39, 0.29) is 0 Å². The third kappa shape index (κ3) is 1.74. The fraction of sp³-hybridized carbons (Fsp3) is 0.143. The summed E-state index contributed by atoms with van der Waals surface area (Å²) in [6, 6.07) is 8.09. The predicted molar refractivity (Wildman–Crippen MR) is 65.9 cm³/mol. The molecule has 1 aromatic carbocycles. The predicted octanol–water partition coefficient (Wildman–Crippen LogP) is 2.77. The quantitative estimate of drug-likeness (QED) is 0.805. The number of imidazole rings is 1. The van der Waals surface area contributed by atoms with Crippen LogP contribution < -0.4 is 0 Å². The first-order chi connectivity index (χ1) is 8.36. The van der Waals surface area contributed by atoms with Gasteiger partial charge in [-0.2, -0.15) is 5.26 Å². The van der Waals surface area contributed by atoms with Crippen molar-refractivity contribution in [2.45, 2.75) is 12.8 Å². The highest BCUT2D eigenvalue weighted by atomic mass is 14.8. The van der Waals surface area contributed by atoms with Gasteiger partial charge in [0.25, 0.3) is 0 Å². The molecule has 3 rings (SSSR count). The molecule has 0 bridgehead atoms. The van der Waals surface area contributed by atoms with E-state index < -0.39 is 0 Å². The number of benzene rings is 1. The van der Waals surface area contributed by atoms with Crippen LogP contribution in [0.15, 0.2) is 30.7 Å². The number of fused-ring (bicyclic) bond motifs is 1. The van der Waals surface area contributed by atoms with Crippen LogP contribution in [0.1, 0.15) is 28.8 Å². The lowest BCUT2D eigenvalue weighted by atomic mass is 10.0. The first-order valence-corrected chi connectivity index (χ1v) is 5.59. The van der Waals surface area contributed by atoms with E-state index in [1.165, 1.54) is 16.7 Å². The minimum Gasteiger partial charge on any atom is -0.351 e. The molecule has 1 aromatic heterocycles. The molecule has 0 saturated heterocycles. The van der Waals surface area contributed by atoms with Gasteiger partial charge in [-0.05, 0) is 47.8 Å². The van der Waals surface area contributed by atoms with Gasteiger partial charge >= 0.3 is 0 Å². The molecule has 2 aromatic rings. The number of rotatable bonds is 1. The number of aromatic amines is 1. The molecule has 0 aliphatic heterocycles. The van der Waals surface area contributed by atoms with Gasteiger partial charge in [-0.3, -0.25) is 0 Å². The molecular formula is C14H11N3. The average Bonchev–Trinajstić information content (AvgIpc) is 2.99. The van der Waals surface area contributed by atoms with Crippen molar-refractivity contribution >= 4 is 11.6 Å². The van der Waals surface area contributed by atoms with E-state index in [0.29, 0.717) is 0 Å². The van der Waals surface area contributed by atoms with Gasteiger partial charge in [-0.25, -0.2) is 4.98 Å². The lowest BCUT2D eigenvalue weighted by Gasteiger charge is -2.00. The average molecular weight is 221 g/mol. The molecular weight excluding hydrogens is 210 g/mol. The van der Waals surface area contributed by atoms with Gasteiger partial charge in [0.2, 0.25) is 0 Å². The zero-order valence-corrected chi connectivity index (χ0v) is 9.27. The summed E-state index contributed by atoms with van der Waals surface area (Å²) in [7, 11) is 0. The van der Waals surface area contributed by atoms with Crippen LogP contribution in [0.25, 0.3) is 11.6 Å². The maximum absolute atomic E-state index is 8.86. The Morgan fingerprint density at radius 1 is 1.35 bits per heavy atom. The van der Waals surface area contributed by atoms with Gasteiger partial charge < -0.3 is 4.98 Å². The first-order valence-electron chi connectivity index (χ1n) is 5.59. The maximum atomic E-state index is 8.86. The van der Waals surface area contributed by atoms with E-state index in [1.54, 1.807) is 6.33 Å². The second-order valence-electron chi connectivity index (χ2n) is 4.15. The van der Waals surface area contributed by atoms with Crippen LogP contribution in [-0.2, 0) is 6.42 Å². The second-order valence-corrected chi connectivity index (χ2v) is 4.15. The summed E-state index contributed by atoms with van der Waals surface area (Å²) in [5, 5.41) is 8.86. The van der Waals surface area contributed by atoms with Crippen molar-refractivity contribution in [1.29, 1.82) is 5.26 Å². The van der Waals surface area contributed by atoms with Crippen LogP contribution in [0.2, 0.25) is 0 Å². The molecule has 17 heavy (non-hydrogen) atoms. The van der Waals surface area contributed by atoms with E-state index in [4.69, 9.17) is 5.26 Å². The minimum atomic E-state index is 0.741. The van der Waals surface area contributed by atoms with Crippen molar-refractivity contribution in [2.75, 3.05) is 0 Å².